The zero-order chi connectivity index (χ0) is 17.0. The van der Waals surface area contributed by atoms with Crippen molar-refractivity contribution in [1.29, 1.82) is 0 Å². The average molecular weight is 338 g/mol. The van der Waals surface area contributed by atoms with Gasteiger partial charge in [0.1, 0.15) is 10.6 Å². The molecule has 0 aromatic heterocycles. The van der Waals surface area contributed by atoms with Gasteiger partial charge in [0.15, 0.2) is 0 Å². The van der Waals surface area contributed by atoms with E-state index in [0.29, 0.717) is 24.6 Å². The number of rotatable bonds is 5. The van der Waals surface area contributed by atoms with Gasteiger partial charge in [-0.2, -0.15) is 4.31 Å². The van der Waals surface area contributed by atoms with E-state index in [1.54, 1.807) is 6.07 Å². The molecule has 0 bridgehead atoms. The van der Waals surface area contributed by atoms with Crippen molar-refractivity contribution in [3.63, 3.8) is 0 Å². The molecule has 0 spiro atoms. The third kappa shape index (κ3) is 4.11. The molecule has 126 valence electrons. The van der Waals surface area contributed by atoms with E-state index < -0.39 is 16.0 Å². The van der Waals surface area contributed by atoms with E-state index in [-0.39, 0.29) is 10.6 Å². The van der Waals surface area contributed by atoms with Gasteiger partial charge in [-0.3, -0.25) is 0 Å². The van der Waals surface area contributed by atoms with Gasteiger partial charge < -0.3 is 14.6 Å². The Labute approximate surface area is 136 Å². The van der Waals surface area contributed by atoms with Gasteiger partial charge in [-0.25, -0.2) is 8.42 Å². The second kappa shape index (κ2) is 7.14. The molecule has 0 aliphatic carbocycles. The van der Waals surface area contributed by atoms with E-state index in [1.807, 2.05) is 0 Å². The molecule has 1 aliphatic heterocycles. The fourth-order valence-electron chi connectivity index (χ4n) is 2.53. The van der Waals surface area contributed by atoms with Crippen LogP contribution in [-0.4, -0.2) is 38.9 Å². The third-order valence-electron chi connectivity index (χ3n) is 3.96. The number of carbonyl (C=O) groups is 1. The maximum absolute atomic E-state index is 12.9. The molecule has 2 rings (SSSR count). The van der Waals surface area contributed by atoms with Gasteiger partial charge in [0.25, 0.3) is 0 Å². The first kappa shape index (κ1) is 17.5. The minimum Gasteiger partial charge on any atom is -0.545 e. The SMILES string of the molecule is COc1ccc(C=CC(=O)[O-])cc1S(=O)(=O)N1CCC(C)CC1. The van der Waals surface area contributed by atoms with Crippen LogP contribution in [0.2, 0.25) is 0 Å². The van der Waals surface area contributed by atoms with Crippen molar-refractivity contribution >= 4 is 22.1 Å². The molecule has 0 radical (unpaired) electrons. The van der Waals surface area contributed by atoms with Crippen LogP contribution in [0, 0.1) is 5.92 Å². The van der Waals surface area contributed by atoms with E-state index in [2.05, 4.69) is 6.92 Å². The highest BCUT2D eigenvalue weighted by atomic mass is 32.2. The number of piperidine rings is 1. The molecule has 0 amide bonds. The van der Waals surface area contributed by atoms with Gasteiger partial charge in [-0.1, -0.05) is 19.1 Å². The summed E-state index contributed by atoms with van der Waals surface area (Å²) in [6.45, 7) is 3.06. The van der Waals surface area contributed by atoms with E-state index in [9.17, 15) is 18.3 Å². The van der Waals surface area contributed by atoms with Crippen LogP contribution in [0.1, 0.15) is 25.3 Å². The molecule has 1 fully saturated rings. The predicted molar refractivity (Wildman–Crippen MR) is 84.2 cm³/mol. The van der Waals surface area contributed by atoms with Crippen LogP contribution in [-0.2, 0) is 14.8 Å². The third-order valence-corrected chi connectivity index (χ3v) is 5.88. The van der Waals surface area contributed by atoms with Crippen LogP contribution in [0.5, 0.6) is 5.75 Å². The van der Waals surface area contributed by atoms with Gasteiger partial charge in [0, 0.05) is 13.1 Å². The summed E-state index contributed by atoms with van der Waals surface area (Å²) in [6, 6.07) is 4.54. The van der Waals surface area contributed by atoms with Gasteiger partial charge in [-0.15, -0.1) is 0 Å². The van der Waals surface area contributed by atoms with Crippen molar-refractivity contribution in [2.24, 2.45) is 5.92 Å². The quantitative estimate of drug-likeness (QED) is 0.744. The standard InChI is InChI=1S/C16H21NO5S/c1-12-7-9-17(10-8-12)23(20,21)15-11-13(4-6-16(18)19)3-5-14(15)22-2/h3-6,11-12H,7-10H2,1-2H3,(H,18,19)/p-1. The highest BCUT2D eigenvalue weighted by molar-refractivity contribution is 7.89. The van der Waals surface area contributed by atoms with Crippen molar-refractivity contribution in [1.82, 2.24) is 4.31 Å². The molecule has 1 saturated heterocycles. The Morgan fingerprint density at radius 3 is 2.57 bits per heavy atom. The van der Waals surface area contributed by atoms with Gasteiger partial charge in [0.05, 0.1) is 13.1 Å². The number of aliphatic carboxylic acids is 1. The first-order chi connectivity index (χ1) is 10.8. The number of hydrogen-bond donors (Lipinski definition) is 0. The van der Waals surface area contributed by atoms with Gasteiger partial charge >= 0.3 is 0 Å². The number of carboxylic acids is 1. The molecule has 1 aromatic rings. The normalized spacial score (nSPS) is 17.5. The molecular weight excluding hydrogens is 318 g/mol. The summed E-state index contributed by atoms with van der Waals surface area (Å²) < 4.78 is 32.3. The molecule has 0 unspecified atom stereocenters. The lowest BCUT2D eigenvalue weighted by atomic mass is 10.0. The molecular formula is C16H20NO5S-. The van der Waals surface area contributed by atoms with Crippen LogP contribution in [0.25, 0.3) is 6.08 Å². The van der Waals surface area contributed by atoms with Crippen molar-refractivity contribution < 1.29 is 23.1 Å². The monoisotopic (exact) mass is 338 g/mol. The van der Waals surface area contributed by atoms with E-state index in [0.717, 1.165) is 18.9 Å². The van der Waals surface area contributed by atoms with Gasteiger partial charge in [-0.05, 0) is 42.5 Å². The second-order valence-corrected chi connectivity index (χ2v) is 7.56. The van der Waals surface area contributed by atoms with Crippen molar-refractivity contribution in [2.75, 3.05) is 20.2 Å². The number of nitrogens with zero attached hydrogens (tertiary/aromatic N) is 1. The minimum absolute atomic E-state index is 0.0510. The van der Waals surface area contributed by atoms with Crippen molar-refractivity contribution in [2.45, 2.75) is 24.7 Å². The van der Waals surface area contributed by atoms with Gasteiger partial charge in [0.2, 0.25) is 10.0 Å². The van der Waals surface area contributed by atoms with E-state index in [1.165, 1.54) is 29.6 Å². The second-order valence-electron chi connectivity index (χ2n) is 5.65. The molecule has 1 heterocycles. The number of carbonyl (C=O) groups excluding carboxylic acids is 1. The highest BCUT2D eigenvalue weighted by Gasteiger charge is 2.30. The van der Waals surface area contributed by atoms with Crippen LogP contribution in [0.15, 0.2) is 29.2 Å². The van der Waals surface area contributed by atoms with Crippen LogP contribution in [0.4, 0.5) is 0 Å². The van der Waals surface area contributed by atoms with E-state index >= 15 is 0 Å². The number of methoxy groups -OCH3 is 1. The fraction of sp³-hybridized carbons (Fsp3) is 0.438. The molecule has 0 saturated carbocycles. The maximum Gasteiger partial charge on any atom is 0.246 e. The lowest BCUT2D eigenvalue weighted by Crippen LogP contribution is -2.38. The first-order valence-electron chi connectivity index (χ1n) is 7.42. The zero-order valence-electron chi connectivity index (χ0n) is 13.2. The Morgan fingerprint density at radius 1 is 1.35 bits per heavy atom. The summed E-state index contributed by atoms with van der Waals surface area (Å²) in [6.07, 6.45) is 3.81. The van der Waals surface area contributed by atoms with Crippen LogP contribution < -0.4 is 9.84 Å². The number of benzene rings is 1. The Bertz CT molecular complexity index is 703. The van der Waals surface area contributed by atoms with E-state index in [4.69, 9.17) is 4.74 Å². The summed E-state index contributed by atoms with van der Waals surface area (Å²) in [7, 11) is -2.27. The highest BCUT2D eigenvalue weighted by Crippen LogP contribution is 2.30. The molecule has 0 N–H and O–H groups in total. The average Bonchev–Trinajstić information content (AvgIpc) is 2.53. The summed E-state index contributed by atoms with van der Waals surface area (Å²) in [5, 5.41) is 10.5. The first-order valence-corrected chi connectivity index (χ1v) is 8.86. The fourth-order valence-corrected chi connectivity index (χ4v) is 4.19. The Balaban J connectivity index is 2.39. The largest absolute Gasteiger partial charge is 0.545 e. The maximum atomic E-state index is 12.9. The zero-order valence-corrected chi connectivity index (χ0v) is 14.0. The smallest absolute Gasteiger partial charge is 0.246 e. The Kier molecular flexibility index (Phi) is 5.43. The molecule has 0 atom stereocenters. The number of carboxylic acid groups (broad SMARTS) is 1. The lowest BCUT2D eigenvalue weighted by Gasteiger charge is -2.29. The Hall–Kier alpha value is -1.86. The summed E-state index contributed by atoms with van der Waals surface area (Å²) in [5.74, 6) is -0.579. The molecule has 1 aromatic carbocycles. The molecule has 23 heavy (non-hydrogen) atoms. The predicted octanol–water partition coefficient (Wildman–Crippen LogP) is 0.879. The molecule has 1 aliphatic rings. The molecule has 6 nitrogen and oxygen atoms in total. The summed E-state index contributed by atoms with van der Waals surface area (Å²) in [5.41, 5.74) is 0.457. The minimum atomic E-state index is -3.68. The number of sulfonamides is 1. The van der Waals surface area contributed by atoms with Crippen LogP contribution >= 0.6 is 0 Å². The van der Waals surface area contributed by atoms with Crippen LogP contribution in [0.3, 0.4) is 0 Å². The molecule has 7 heteroatoms. The number of ether oxygens (including phenoxy) is 1. The van der Waals surface area contributed by atoms with Crippen molar-refractivity contribution in [3.8, 4) is 5.75 Å². The van der Waals surface area contributed by atoms with Crippen molar-refractivity contribution in [3.05, 3.63) is 29.8 Å². The topological polar surface area (TPSA) is 86.7 Å². The Morgan fingerprint density at radius 2 is 2.00 bits per heavy atom. The summed E-state index contributed by atoms with van der Waals surface area (Å²) >= 11 is 0. The lowest BCUT2D eigenvalue weighted by molar-refractivity contribution is -0.297. The number of hydrogen-bond acceptors (Lipinski definition) is 5. The summed E-state index contributed by atoms with van der Waals surface area (Å²) in [4.78, 5) is 10.6.